The van der Waals surface area contributed by atoms with Crippen molar-refractivity contribution in [3.63, 3.8) is 0 Å². The molecule has 0 saturated heterocycles. The number of hydrogen-bond donors (Lipinski definition) is 1. The molecule has 19 heavy (non-hydrogen) atoms. The van der Waals surface area contributed by atoms with E-state index in [0.29, 0.717) is 5.56 Å². The van der Waals surface area contributed by atoms with Gasteiger partial charge in [0.05, 0.1) is 25.9 Å². The Morgan fingerprint density at radius 2 is 1.89 bits per heavy atom. The van der Waals surface area contributed by atoms with Gasteiger partial charge in [-0.25, -0.2) is 8.78 Å². The topological polar surface area (TPSA) is 43.1 Å². The number of rotatable bonds is 3. The van der Waals surface area contributed by atoms with Gasteiger partial charge in [0.15, 0.2) is 0 Å². The molecule has 0 aliphatic rings. The highest BCUT2D eigenvalue weighted by atomic mass is 79.9. The molecule has 0 aliphatic carbocycles. The van der Waals surface area contributed by atoms with Crippen molar-refractivity contribution < 1.29 is 13.0 Å². The number of benzene rings is 2. The van der Waals surface area contributed by atoms with Crippen molar-refractivity contribution in [3.8, 4) is 0 Å². The van der Waals surface area contributed by atoms with E-state index in [9.17, 15) is 13.0 Å². The number of hydrogen-bond acceptors (Lipinski definition) is 2. The molecule has 0 fully saturated rings. The van der Waals surface area contributed by atoms with E-state index in [-0.39, 0.29) is 20.8 Å². The lowest BCUT2D eigenvalue weighted by Gasteiger charge is -2.07. The summed E-state index contributed by atoms with van der Waals surface area (Å²) in [5, 5.41) is 0. The Morgan fingerprint density at radius 3 is 2.58 bits per heavy atom. The summed E-state index contributed by atoms with van der Waals surface area (Å²) in [7, 11) is -1.60. The van der Waals surface area contributed by atoms with Gasteiger partial charge in [-0.2, -0.15) is 0 Å². The zero-order chi connectivity index (χ0) is 14.0. The molecular formula is C13H10BrF2NOS. The third-order valence-electron chi connectivity index (χ3n) is 2.52. The number of nitrogen functional groups attached to an aromatic ring is 1. The molecule has 2 nitrogen and oxygen atoms in total. The first-order valence-electron chi connectivity index (χ1n) is 5.35. The molecule has 0 saturated carbocycles. The van der Waals surface area contributed by atoms with Crippen molar-refractivity contribution in [2.24, 2.45) is 0 Å². The summed E-state index contributed by atoms with van der Waals surface area (Å²) in [5.41, 5.74) is 6.22. The monoisotopic (exact) mass is 345 g/mol. The summed E-state index contributed by atoms with van der Waals surface area (Å²) in [5.74, 6) is -1.03. The van der Waals surface area contributed by atoms with Crippen molar-refractivity contribution in [2.45, 2.75) is 10.6 Å². The highest BCUT2D eigenvalue weighted by Crippen LogP contribution is 2.24. The number of halogens is 3. The van der Waals surface area contributed by atoms with Gasteiger partial charge in [0.2, 0.25) is 0 Å². The van der Waals surface area contributed by atoms with Crippen molar-refractivity contribution in [1.82, 2.24) is 0 Å². The second-order valence-electron chi connectivity index (χ2n) is 3.89. The quantitative estimate of drug-likeness (QED) is 0.863. The summed E-state index contributed by atoms with van der Waals surface area (Å²) in [6.45, 7) is 0. The molecule has 2 N–H and O–H groups in total. The molecule has 1 unspecified atom stereocenters. The zero-order valence-electron chi connectivity index (χ0n) is 9.70. The molecule has 6 heteroatoms. The van der Waals surface area contributed by atoms with Crippen LogP contribution in [0.2, 0.25) is 0 Å². The molecule has 0 heterocycles. The molecular weight excluding hydrogens is 336 g/mol. The van der Waals surface area contributed by atoms with Gasteiger partial charge in [0.1, 0.15) is 11.6 Å². The van der Waals surface area contributed by atoms with Gasteiger partial charge < -0.3 is 5.73 Å². The highest BCUT2D eigenvalue weighted by molar-refractivity contribution is 9.10. The van der Waals surface area contributed by atoms with E-state index in [0.717, 1.165) is 6.07 Å². The van der Waals surface area contributed by atoms with Gasteiger partial charge in [0.25, 0.3) is 0 Å². The van der Waals surface area contributed by atoms with Crippen LogP contribution in [0.5, 0.6) is 0 Å². The molecule has 0 aromatic heterocycles. The first-order chi connectivity index (χ1) is 8.99. The van der Waals surface area contributed by atoms with Crippen LogP contribution in [-0.2, 0) is 16.6 Å². The summed E-state index contributed by atoms with van der Waals surface area (Å²) >= 11 is 3.09. The van der Waals surface area contributed by atoms with Crippen molar-refractivity contribution in [1.29, 1.82) is 0 Å². The average molecular weight is 346 g/mol. The lowest BCUT2D eigenvalue weighted by atomic mass is 10.2. The SMILES string of the molecule is Nc1ccc(S(=O)Cc2cccc(F)c2Br)c(F)c1. The molecule has 1 atom stereocenters. The van der Waals surface area contributed by atoms with Crippen molar-refractivity contribution >= 4 is 32.4 Å². The van der Waals surface area contributed by atoms with E-state index >= 15 is 0 Å². The van der Waals surface area contributed by atoms with Crippen LogP contribution in [0.25, 0.3) is 0 Å². The second-order valence-corrected chi connectivity index (χ2v) is 6.11. The summed E-state index contributed by atoms with van der Waals surface area (Å²) in [6, 6.07) is 8.44. The van der Waals surface area contributed by atoms with Gasteiger partial charge in [-0.15, -0.1) is 0 Å². The predicted molar refractivity (Wildman–Crippen MR) is 75.0 cm³/mol. The van der Waals surface area contributed by atoms with E-state index < -0.39 is 22.4 Å². The average Bonchev–Trinajstić information content (AvgIpc) is 2.34. The third-order valence-corrected chi connectivity index (χ3v) is 4.80. The fourth-order valence-corrected chi connectivity index (χ4v) is 3.35. The van der Waals surface area contributed by atoms with E-state index in [1.54, 1.807) is 6.07 Å². The van der Waals surface area contributed by atoms with Gasteiger partial charge >= 0.3 is 0 Å². The molecule has 0 aliphatic heterocycles. The van der Waals surface area contributed by atoms with Gasteiger partial charge in [0, 0.05) is 5.69 Å². The first kappa shape index (κ1) is 14.1. The van der Waals surface area contributed by atoms with E-state index in [4.69, 9.17) is 5.73 Å². The lowest BCUT2D eigenvalue weighted by molar-refractivity contribution is 0.596. The predicted octanol–water partition coefficient (Wildman–Crippen LogP) is 3.62. The summed E-state index contributed by atoms with van der Waals surface area (Å²) in [6.07, 6.45) is 0. The van der Waals surface area contributed by atoms with Crippen LogP contribution in [0.4, 0.5) is 14.5 Å². The molecule has 0 amide bonds. The normalized spacial score (nSPS) is 12.4. The maximum absolute atomic E-state index is 13.6. The highest BCUT2D eigenvalue weighted by Gasteiger charge is 2.14. The molecule has 100 valence electrons. The Hall–Kier alpha value is -1.27. The first-order valence-corrected chi connectivity index (χ1v) is 7.46. The van der Waals surface area contributed by atoms with E-state index in [2.05, 4.69) is 15.9 Å². The minimum Gasteiger partial charge on any atom is -0.399 e. The van der Waals surface area contributed by atoms with Crippen molar-refractivity contribution in [3.05, 3.63) is 58.1 Å². The Kier molecular flexibility index (Phi) is 4.31. The maximum Gasteiger partial charge on any atom is 0.141 e. The molecule has 0 radical (unpaired) electrons. The molecule has 0 spiro atoms. The van der Waals surface area contributed by atoms with Crippen molar-refractivity contribution in [2.75, 3.05) is 5.73 Å². The van der Waals surface area contributed by atoms with Crippen LogP contribution >= 0.6 is 15.9 Å². The Morgan fingerprint density at radius 1 is 1.16 bits per heavy atom. The van der Waals surface area contributed by atoms with Crippen LogP contribution in [0, 0.1) is 11.6 Å². The zero-order valence-corrected chi connectivity index (χ0v) is 12.1. The van der Waals surface area contributed by atoms with Crippen LogP contribution in [0.15, 0.2) is 45.8 Å². The minimum absolute atomic E-state index is 0.0270. The van der Waals surface area contributed by atoms with E-state index in [1.165, 1.54) is 24.3 Å². The summed E-state index contributed by atoms with van der Waals surface area (Å²) in [4.78, 5) is 0.0605. The number of nitrogens with two attached hydrogens (primary N) is 1. The standard InChI is InChI=1S/C13H10BrF2NOS/c14-13-8(2-1-3-10(13)15)7-19(18)12-5-4-9(17)6-11(12)16/h1-6H,7,17H2. The Balaban J connectivity index is 2.28. The van der Waals surface area contributed by atoms with Crippen LogP contribution in [-0.4, -0.2) is 4.21 Å². The smallest absolute Gasteiger partial charge is 0.141 e. The van der Waals surface area contributed by atoms with Gasteiger partial charge in [-0.05, 0) is 45.8 Å². The Labute approximate surface area is 120 Å². The largest absolute Gasteiger partial charge is 0.399 e. The molecule has 2 aromatic carbocycles. The van der Waals surface area contributed by atoms with Crippen LogP contribution in [0.3, 0.4) is 0 Å². The minimum atomic E-state index is -1.60. The summed E-state index contributed by atoms with van der Waals surface area (Å²) < 4.78 is 39.3. The molecule has 2 aromatic rings. The number of anilines is 1. The lowest BCUT2D eigenvalue weighted by Crippen LogP contribution is -2.01. The van der Waals surface area contributed by atoms with Crippen LogP contribution in [0.1, 0.15) is 5.56 Å². The third kappa shape index (κ3) is 3.19. The van der Waals surface area contributed by atoms with Crippen LogP contribution < -0.4 is 5.73 Å². The second kappa shape index (κ2) is 5.79. The van der Waals surface area contributed by atoms with Gasteiger partial charge in [-0.1, -0.05) is 12.1 Å². The fourth-order valence-electron chi connectivity index (χ4n) is 1.58. The fraction of sp³-hybridized carbons (Fsp3) is 0.0769. The van der Waals surface area contributed by atoms with E-state index in [1.807, 2.05) is 0 Å². The molecule has 2 rings (SSSR count). The van der Waals surface area contributed by atoms with Gasteiger partial charge in [-0.3, -0.25) is 4.21 Å². The Bertz CT molecular complexity index is 649. The molecule has 0 bridgehead atoms. The maximum atomic E-state index is 13.6.